The second kappa shape index (κ2) is 6.31. The molecule has 0 fully saturated rings. The smallest absolute Gasteiger partial charge is 0.399 e. The van der Waals surface area contributed by atoms with Crippen LogP contribution in [0.1, 0.15) is 36.8 Å². The van der Waals surface area contributed by atoms with Gasteiger partial charge in [0.25, 0.3) is 11.8 Å². The first-order chi connectivity index (χ1) is 13.3. The summed E-state index contributed by atoms with van der Waals surface area (Å²) >= 11 is 0. The summed E-state index contributed by atoms with van der Waals surface area (Å²) in [6.45, 7) is 0. The van der Waals surface area contributed by atoms with Crippen molar-refractivity contribution in [1.82, 2.24) is 5.06 Å². The fourth-order valence-electron chi connectivity index (χ4n) is 3.04. The molecule has 2 aromatic carbocycles. The van der Waals surface area contributed by atoms with Gasteiger partial charge < -0.3 is 9.25 Å². The summed E-state index contributed by atoms with van der Waals surface area (Å²) in [4.78, 5) is 42.4. The van der Waals surface area contributed by atoms with Crippen molar-refractivity contribution in [1.29, 1.82) is 0 Å². The average Bonchev–Trinajstić information content (AvgIpc) is 3.12. The number of fused-ring (bicyclic) bond motifs is 2. The molecular formula is C19H13NO7S. The van der Waals surface area contributed by atoms with E-state index in [0.717, 1.165) is 6.26 Å². The van der Waals surface area contributed by atoms with Crippen LogP contribution < -0.4 is 0 Å². The molecule has 0 bridgehead atoms. The van der Waals surface area contributed by atoms with Gasteiger partial charge in [-0.15, -0.1) is 0 Å². The van der Waals surface area contributed by atoms with Gasteiger partial charge in [0.2, 0.25) is 5.76 Å². The van der Waals surface area contributed by atoms with E-state index in [-0.39, 0.29) is 28.0 Å². The highest BCUT2D eigenvalue weighted by Gasteiger charge is 2.40. The van der Waals surface area contributed by atoms with Gasteiger partial charge in [-0.2, -0.15) is 0 Å². The van der Waals surface area contributed by atoms with Gasteiger partial charge in [-0.1, -0.05) is 35.4 Å². The lowest BCUT2D eigenvalue weighted by Gasteiger charge is -2.12. The quantitative estimate of drug-likeness (QED) is 0.619. The number of sulfone groups is 1. The van der Waals surface area contributed by atoms with Crippen molar-refractivity contribution in [3.05, 3.63) is 71.0 Å². The van der Waals surface area contributed by atoms with Crippen molar-refractivity contribution < 1.29 is 32.1 Å². The Morgan fingerprint density at radius 2 is 1.57 bits per heavy atom. The molecule has 0 saturated carbocycles. The zero-order valence-corrected chi connectivity index (χ0v) is 15.4. The molecule has 0 atom stereocenters. The van der Waals surface area contributed by atoms with E-state index in [1.54, 1.807) is 36.4 Å². The SMILES string of the molecule is CS(=O)(=O)Cc1c(C(=O)ON2C(=O)c3ccccc3C2=O)oc2ccccc12. The summed E-state index contributed by atoms with van der Waals surface area (Å²) in [5, 5.41) is 0.784. The molecule has 0 N–H and O–H groups in total. The molecule has 1 aliphatic rings. The van der Waals surface area contributed by atoms with E-state index >= 15 is 0 Å². The first kappa shape index (κ1) is 17.9. The lowest BCUT2D eigenvalue weighted by molar-refractivity contribution is -0.0602. The van der Waals surface area contributed by atoms with Gasteiger partial charge in [0, 0.05) is 17.2 Å². The molecular weight excluding hydrogens is 386 g/mol. The number of imide groups is 1. The van der Waals surface area contributed by atoms with Crippen molar-refractivity contribution in [2.24, 2.45) is 0 Å². The number of hydroxylamine groups is 2. The van der Waals surface area contributed by atoms with Crippen molar-refractivity contribution in [2.45, 2.75) is 5.75 Å². The number of rotatable bonds is 4. The van der Waals surface area contributed by atoms with Crippen molar-refractivity contribution in [3.63, 3.8) is 0 Å². The Bertz CT molecular complexity index is 1220. The molecule has 0 aliphatic carbocycles. The lowest BCUT2D eigenvalue weighted by Crippen LogP contribution is -2.32. The summed E-state index contributed by atoms with van der Waals surface area (Å²) in [5.74, 6) is -3.53. The molecule has 4 rings (SSSR count). The highest BCUT2D eigenvalue weighted by Crippen LogP contribution is 2.29. The van der Waals surface area contributed by atoms with E-state index in [1.165, 1.54) is 12.1 Å². The molecule has 28 heavy (non-hydrogen) atoms. The summed E-state index contributed by atoms with van der Waals surface area (Å²) < 4.78 is 29.1. The highest BCUT2D eigenvalue weighted by atomic mass is 32.2. The van der Waals surface area contributed by atoms with Crippen LogP contribution in [0, 0.1) is 0 Å². The number of nitrogens with zero attached hydrogens (tertiary/aromatic N) is 1. The second-order valence-electron chi connectivity index (χ2n) is 6.30. The number of benzene rings is 2. The van der Waals surface area contributed by atoms with Crippen molar-refractivity contribution in [3.8, 4) is 0 Å². The summed E-state index contributed by atoms with van der Waals surface area (Å²) in [6.07, 6.45) is 1.02. The van der Waals surface area contributed by atoms with E-state index in [9.17, 15) is 22.8 Å². The molecule has 0 saturated heterocycles. The van der Waals surface area contributed by atoms with Gasteiger partial charge in [0.1, 0.15) is 5.58 Å². The van der Waals surface area contributed by atoms with Crippen LogP contribution in [-0.4, -0.2) is 37.5 Å². The number of furan rings is 1. The van der Waals surface area contributed by atoms with Crippen molar-refractivity contribution >= 4 is 38.6 Å². The van der Waals surface area contributed by atoms with E-state index in [0.29, 0.717) is 10.4 Å². The van der Waals surface area contributed by atoms with E-state index in [4.69, 9.17) is 9.25 Å². The summed E-state index contributed by atoms with van der Waals surface area (Å²) in [6, 6.07) is 12.6. The summed E-state index contributed by atoms with van der Waals surface area (Å²) in [5.41, 5.74) is 0.623. The average molecular weight is 399 g/mol. The predicted octanol–water partition coefficient (Wildman–Crippen LogP) is 2.35. The van der Waals surface area contributed by atoms with Gasteiger partial charge in [-0.05, 0) is 18.2 Å². The van der Waals surface area contributed by atoms with E-state index in [1.807, 2.05) is 0 Å². The van der Waals surface area contributed by atoms with E-state index in [2.05, 4.69) is 0 Å². The summed E-state index contributed by atoms with van der Waals surface area (Å²) in [7, 11) is -3.50. The molecule has 1 aliphatic heterocycles. The Hall–Kier alpha value is -3.46. The lowest BCUT2D eigenvalue weighted by atomic mass is 10.1. The van der Waals surface area contributed by atoms with Crippen LogP contribution in [-0.2, 0) is 20.4 Å². The molecule has 9 heteroatoms. The Morgan fingerprint density at radius 3 is 2.18 bits per heavy atom. The van der Waals surface area contributed by atoms with Crippen LogP contribution >= 0.6 is 0 Å². The highest BCUT2D eigenvalue weighted by molar-refractivity contribution is 7.89. The molecule has 2 heterocycles. The monoisotopic (exact) mass is 399 g/mol. The number of carbonyl (C=O) groups is 3. The third kappa shape index (κ3) is 2.95. The zero-order valence-electron chi connectivity index (χ0n) is 14.5. The maximum atomic E-state index is 12.7. The fraction of sp³-hybridized carbons (Fsp3) is 0.105. The minimum Gasteiger partial charge on any atom is -0.449 e. The standard InChI is InChI=1S/C19H13NO7S/c1-28(24,25)10-14-11-6-4-5-9-15(11)26-16(14)19(23)27-20-17(21)12-7-2-3-8-13(12)18(20)22/h2-9H,10H2,1H3. The number of carbonyl (C=O) groups excluding carboxylic acids is 3. The van der Waals surface area contributed by atoms with Gasteiger partial charge >= 0.3 is 5.97 Å². The molecule has 2 amide bonds. The van der Waals surface area contributed by atoms with Gasteiger partial charge in [-0.25, -0.2) is 13.2 Å². The number of amides is 2. The van der Waals surface area contributed by atoms with Crippen LogP contribution in [0.15, 0.2) is 52.9 Å². The minimum atomic E-state index is -3.50. The Balaban J connectivity index is 1.72. The molecule has 0 radical (unpaired) electrons. The van der Waals surface area contributed by atoms with E-state index < -0.39 is 33.4 Å². The Labute approximate surface area is 159 Å². The third-order valence-corrected chi connectivity index (χ3v) is 5.03. The van der Waals surface area contributed by atoms with Crippen LogP contribution in [0.3, 0.4) is 0 Å². The first-order valence-corrected chi connectivity index (χ1v) is 10.2. The Morgan fingerprint density at radius 1 is 1.00 bits per heavy atom. The number of hydrogen-bond donors (Lipinski definition) is 0. The topological polar surface area (TPSA) is 111 Å². The first-order valence-electron chi connectivity index (χ1n) is 8.14. The second-order valence-corrected chi connectivity index (χ2v) is 8.45. The zero-order chi connectivity index (χ0) is 20.1. The molecule has 8 nitrogen and oxygen atoms in total. The maximum Gasteiger partial charge on any atom is 0.399 e. The third-order valence-electron chi connectivity index (χ3n) is 4.22. The molecule has 3 aromatic rings. The largest absolute Gasteiger partial charge is 0.449 e. The Kier molecular flexibility index (Phi) is 4.04. The minimum absolute atomic E-state index is 0.111. The normalized spacial score (nSPS) is 13.8. The van der Waals surface area contributed by atoms with Crippen LogP contribution in [0.25, 0.3) is 11.0 Å². The number of para-hydroxylation sites is 1. The van der Waals surface area contributed by atoms with Crippen LogP contribution in [0.5, 0.6) is 0 Å². The van der Waals surface area contributed by atoms with Crippen LogP contribution in [0.2, 0.25) is 0 Å². The molecule has 0 unspecified atom stereocenters. The van der Waals surface area contributed by atoms with Gasteiger partial charge in [0.15, 0.2) is 9.84 Å². The maximum absolute atomic E-state index is 12.7. The molecule has 142 valence electrons. The van der Waals surface area contributed by atoms with Gasteiger partial charge in [0.05, 0.1) is 16.9 Å². The molecule has 1 aromatic heterocycles. The van der Waals surface area contributed by atoms with Gasteiger partial charge in [-0.3, -0.25) is 9.59 Å². The number of hydrogen-bond acceptors (Lipinski definition) is 7. The van der Waals surface area contributed by atoms with Crippen LogP contribution in [0.4, 0.5) is 0 Å². The fourth-order valence-corrected chi connectivity index (χ4v) is 3.85. The van der Waals surface area contributed by atoms with Crippen molar-refractivity contribution in [2.75, 3.05) is 6.26 Å². The molecule has 0 spiro atoms. The predicted molar refractivity (Wildman–Crippen MR) is 97.1 cm³/mol.